The van der Waals surface area contributed by atoms with Crippen molar-refractivity contribution in [2.75, 3.05) is 26.7 Å². The number of hydrogen-bond acceptors (Lipinski definition) is 3. The van der Waals surface area contributed by atoms with Gasteiger partial charge in [0.15, 0.2) is 0 Å². The fourth-order valence-corrected chi connectivity index (χ4v) is 4.51. The summed E-state index contributed by atoms with van der Waals surface area (Å²) < 4.78 is 5.38. The van der Waals surface area contributed by atoms with Crippen molar-refractivity contribution in [3.05, 3.63) is 77.9 Å². The molecule has 1 heterocycles. The number of likely N-dealkylation sites (tertiary alicyclic amines) is 1. The van der Waals surface area contributed by atoms with Gasteiger partial charge in [0.25, 0.3) is 0 Å². The van der Waals surface area contributed by atoms with E-state index in [0.717, 1.165) is 40.5 Å². The molecule has 5 heteroatoms. The molecule has 5 nitrogen and oxygen atoms in total. The van der Waals surface area contributed by atoms with Gasteiger partial charge in [-0.1, -0.05) is 60.7 Å². The lowest BCUT2D eigenvalue weighted by Gasteiger charge is -2.32. The van der Waals surface area contributed by atoms with Gasteiger partial charge in [-0.15, -0.1) is 0 Å². The van der Waals surface area contributed by atoms with Crippen molar-refractivity contribution in [3.63, 3.8) is 0 Å². The lowest BCUT2D eigenvalue weighted by Crippen LogP contribution is -2.46. The molecule has 3 aromatic rings. The zero-order valence-corrected chi connectivity index (χ0v) is 18.5. The van der Waals surface area contributed by atoms with Crippen LogP contribution in [-0.2, 0) is 22.4 Å². The van der Waals surface area contributed by atoms with Crippen molar-refractivity contribution < 1.29 is 14.3 Å². The predicted molar refractivity (Wildman–Crippen MR) is 127 cm³/mol. The van der Waals surface area contributed by atoms with Crippen LogP contribution in [0.5, 0.6) is 5.75 Å². The van der Waals surface area contributed by atoms with E-state index in [1.165, 1.54) is 0 Å². The van der Waals surface area contributed by atoms with E-state index in [0.29, 0.717) is 32.5 Å². The van der Waals surface area contributed by atoms with Crippen molar-refractivity contribution in [2.24, 2.45) is 5.92 Å². The van der Waals surface area contributed by atoms with Crippen LogP contribution in [0.3, 0.4) is 0 Å². The predicted octanol–water partition coefficient (Wildman–Crippen LogP) is 3.99. The summed E-state index contributed by atoms with van der Waals surface area (Å²) in [6.07, 6.45) is 2.75. The lowest BCUT2D eigenvalue weighted by molar-refractivity contribution is -0.135. The highest BCUT2D eigenvalue weighted by Crippen LogP contribution is 2.22. The van der Waals surface area contributed by atoms with Gasteiger partial charge in [-0.25, -0.2) is 0 Å². The molecule has 166 valence electrons. The minimum atomic E-state index is -0.155. The van der Waals surface area contributed by atoms with Crippen molar-refractivity contribution >= 4 is 22.6 Å². The number of methoxy groups -OCH3 is 1. The Labute approximate surface area is 189 Å². The molecule has 0 aromatic heterocycles. The number of nitrogens with one attached hydrogen (secondary N) is 1. The van der Waals surface area contributed by atoms with E-state index in [9.17, 15) is 9.59 Å². The number of carbonyl (C=O) groups excluding carboxylic acids is 2. The molecule has 3 aromatic carbocycles. The first kappa shape index (κ1) is 21.9. The molecule has 1 saturated heterocycles. The van der Waals surface area contributed by atoms with E-state index in [2.05, 4.69) is 23.5 Å². The van der Waals surface area contributed by atoms with Crippen LogP contribution in [0.4, 0.5) is 0 Å². The molecule has 1 fully saturated rings. The third-order valence-electron chi connectivity index (χ3n) is 6.25. The highest BCUT2D eigenvalue weighted by molar-refractivity contribution is 5.90. The molecule has 0 aliphatic carbocycles. The number of carbonyl (C=O) groups is 2. The third kappa shape index (κ3) is 5.10. The van der Waals surface area contributed by atoms with Gasteiger partial charge in [0, 0.05) is 19.6 Å². The minimum absolute atomic E-state index is 0.0301. The second-order valence-corrected chi connectivity index (χ2v) is 8.35. The maximum Gasteiger partial charge on any atom is 0.227 e. The first-order chi connectivity index (χ1) is 15.7. The third-order valence-corrected chi connectivity index (χ3v) is 6.25. The average molecular weight is 431 g/mol. The number of benzene rings is 3. The summed E-state index contributed by atoms with van der Waals surface area (Å²) in [5, 5.41) is 5.31. The summed E-state index contributed by atoms with van der Waals surface area (Å²) >= 11 is 0. The molecule has 0 saturated carbocycles. The number of para-hydroxylation sites is 1. The summed E-state index contributed by atoms with van der Waals surface area (Å²) in [7, 11) is 1.66. The lowest BCUT2D eigenvalue weighted by atomic mass is 9.95. The highest BCUT2D eigenvalue weighted by Gasteiger charge is 2.28. The molecule has 32 heavy (non-hydrogen) atoms. The SMILES string of the molecule is COc1ccccc1CCNC(=O)[C@H]1CCCN(C(=O)Cc2cccc3ccccc23)C1. The van der Waals surface area contributed by atoms with Crippen molar-refractivity contribution in [1.82, 2.24) is 10.2 Å². The Morgan fingerprint density at radius 1 is 1.00 bits per heavy atom. The van der Waals surface area contributed by atoms with Crippen LogP contribution in [0.1, 0.15) is 24.0 Å². The molecule has 0 spiro atoms. The fourth-order valence-electron chi connectivity index (χ4n) is 4.51. The van der Waals surface area contributed by atoms with E-state index in [-0.39, 0.29) is 17.7 Å². The number of nitrogens with zero attached hydrogens (tertiary/aromatic N) is 1. The molecule has 1 aliphatic heterocycles. The number of ether oxygens (including phenoxy) is 1. The Morgan fingerprint density at radius 3 is 2.62 bits per heavy atom. The number of fused-ring (bicyclic) bond motifs is 1. The number of piperidine rings is 1. The van der Waals surface area contributed by atoms with Crippen molar-refractivity contribution in [1.29, 1.82) is 0 Å². The Kier molecular flexibility index (Phi) is 7.05. The molecule has 0 unspecified atom stereocenters. The molecule has 0 bridgehead atoms. The van der Waals surface area contributed by atoms with Gasteiger partial charge in [-0.3, -0.25) is 9.59 Å². The summed E-state index contributed by atoms with van der Waals surface area (Å²) in [4.78, 5) is 27.6. The first-order valence-electron chi connectivity index (χ1n) is 11.3. The van der Waals surface area contributed by atoms with E-state index in [4.69, 9.17) is 4.74 Å². The molecule has 1 atom stereocenters. The number of amides is 2. The van der Waals surface area contributed by atoms with Crippen molar-refractivity contribution in [2.45, 2.75) is 25.7 Å². The van der Waals surface area contributed by atoms with Crippen LogP contribution in [0.2, 0.25) is 0 Å². The topological polar surface area (TPSA) is 58.6 Å². The highest BCUT2D eigenvalue weighted by atomic mass is 16.5. The van der Waals surface area contributed by atoms with Crippen LogP contribution in [0, 0.1) is 5.92 Å². The van der Waals surface area contributed by atoms with E-state index >= 15 is 0 Å². The Morgan fingerprint density at radius 2 is 1.75 bits per heavy atom. The normalized spacial score (nSPS) is 16.0. The minimum Gasteiger partial charge on any atom is -0.496 e. The molecular weight excluding hydrogens is 400 g/mol. The van der Waals surface area contributed by atoms with Gasteiger partial charge in [0.1, 0.15) is 5.75 Å². The van der Waals surface area contributed by atoms with E-state index in [1.54, 1.807) is 7.11 Å². The maximum atomic E-state index is 13.0. The standard InChI is InChI=1S/C27H30N2O3/c1-32-25-14-5-3-9-21(25)15-16-28-27(31)23-12-7-17-29(19-23)26(30)18-22-11-6-10-20-8-2-4-13-24(20)22/h2-6,8-11,13-14,23H,7,12,15-19H2,1H3,(H,28,31)/t23-/m0/s1. The zero-order valence-electron chi connectivity index (χ0n) is 18.5. The van der Waals surface area contributed by atoms with Crippen molar-refractivity contribution in [3.8, 4) is 5.75 Å². The molecule has 2 amide bonds. The van der Waals surface area contributed by atoms with Gasteiger partial charge in [0.2, 0.25) is 11.8 Å². The second kappa shape index (κ2) is 10.3. The number of hydrogen-bond donors (Lipinski definition) is 1. The van der Waals surface area contributed by atoms with Gasteiger partial charge < -0.3 is 15.0 Å². The molecular formula is C27H30N2O3. The molecule has 1 aliphatic rings. The molecule has 1 N–H and O–H groups in total. The van der Waals surface area contributed by atoms with Gasteiger partial charge >= 0.3 is 0 Å². The second-order valence-electron chi connectivity index (χ2n) is 8.35. The smallest absolute Gasteiger partial charge is 0.227 e. The van der Waals surface area contributed by atoms with E-state index < -0.39 is 0 Å². The van der Waals surface area contributed by atoms with Gasteiger partial charge in [0.05, 0.1) is 19.4 Å². The van der Waals surface area contributed by atoms with Gasteiger partial charge in [-0.05, 0) is 47.2 Å². The van der Waals surface area contributed by atoms with Gasteiger partial charge in [-0.2, -0.15) is 0 Å². The first-order valence-corrected chi connectivity index (χ1v) is 11.3. The zero-order chi connectivity index (χ0) is 22.3. The van der Waals surface area contributed by atoms with Crippen LogP contribution in [-0.4, -0.2) is 43.5 Å². The van der Waals surface area contributed by atoms with Crippen LogP contribution in [0.25, 0.3) is 10.8 Å². The average Bonchev–Trinajstić information content (AvgIpc) is 2.84. The number of rotatable bonds is 7. The monoisotopic (exact) mass is 430 g/mol. The van der Waals surface area contributed by atoms with E-state index in [1.807, 2.05) is 53.4 Å². The Bertz CT molecular complexity index is 1090. The summed E-state index contributed by atoms with van der Waals surface area (Å²) in [5.41, 5.74) is 2.11. The Hall–Kier alpha value is -3.34. The fraction of sp³-hybridized carbons (Fsp3) is 0.333. The largest absolute Gasteiger partial charge is 0.496 e. The van der Waals surface area contributed by atoms with Crippen LogP contribution in [0.15, 0.2) is 66.7 Å². The quantitative estimate of drug-likeness (QED) is 0.617. The van der Waals surface area contributed by atoms with Crippen LogP contribution >= 0.6 is 0 Å². The molecule has 4 rings (SSSR count). The maximum absolute atomic E-state index is 13.0. The Balaban J connectivity index is 1.32. The summed E-state index contributed by atoms with van der Waals surface area (Å²) in [5.74, 6) is 0.804. The van der Waals surface area contributed by atoms with Crippen LogP contribution < -0.4 is 10.1 Å². The molecule has 0 radical (unpaired) electrons. The summed E-state index contributed by atoms with van der Waals surface area (Å²) in [6.45, 7) is 1.76. The summed E-state index contributed by atoms with van der Waals surface area (Å²) in [6, 6.07) is 22.1.